The Kier molecular flexibility index (Phi) is 15.4. The summed E-state index contributed by atoms with van der Waals surface area (Å²) >= 11 is 0. The molecule has 5 heteroatoms. The third-order valence-electron chi connectivity index (χ3n) is 8.24. The van der Waals surface area contributed by atoms with Gasteiger partial charge in [0.15, 0.2) is 5.82 Å². The Morgan fingerprint density at radius 1 is 0.698 bits per heavy atom. The maximum Gasteiger partial charge on any atom is 0.348 e. The van der Waals surface area contributed by atoms with Crippen molar-refractivity contribution in [2.24, 2.45) is 0 Å². The minimum atomic E-state index is -1.99. The van der Waals surface area contributed by atoms with Gasteiger partial charge in [-0.25, -0.2) is 19.2 Å². The molecular formula is C38H53FN2O2. The van der Waals surface area contributed by atoms with E-state index in [0.29, 0.717) is 18.0 Å². The predicted octanol–water partition coefficient (Wildman–Crippen LogP) is 11.3. The molecule has 0 fully saturated rings. The van der Waals surface area contributed by atoms with Crippen LogP contribution in [0.25, 0.3) is 22.5 Å². The third-order valence-corrected chi connectivity index (χ3v) is 8.24. The number of esters is 1. The summed E-state index contributed by atoms with van der Waals surface area (Å²) < 4.78 is 20.5. The molecule has 0 N–H and O–H groups in total. The first-order valence-corrected chi connectivity index (χ1v) is 16.9. The number of hydrogen-bond donors (Lipinski definition) is 0. The van der Waals surface area contributed by atoms with Crippen LogP contribution in [0.2, 0.25) is 0 Å². The number of carbonyl (C=O) groups is 1. The average molecular weight is 589 g/mol. The maximum absolute atomic E-state index is 15.1. The Labute approximate surface area is 259 Å². The first kappa shape index (κ1) is 34.4. The van der Waals surface area contributed by atoms with E-state index in [0.717, 1.165) is 36.0 Å². The largest absolute Gasteiger partial charge is 0.424 e. The normalized spacial score (nSPS) is 12.7. The summed E-state index contributed by atoms with van der Waals surface area (Å²) in [6, 6.07) is 15.3. The van der Waals surface area contributed by atoms with Gasteiger partial charge in [-0.05, 0) is 61.4 Å². The van der Waals surface area contributed by atoms with Crippen molar-refractivity contribution in [3.05, 3.63) is 66.5 Å². The predicted molar refractivity (Wildman–Crippen MR) is 177 cm³/mol. The van der Waals surface area contributed by atoms with Gasteiger partial charge in [-0.15, -0.1) is 0 Å². The molecule has 0 bridgehead atoms. The zero-order valence-corrected chi connectivity index (χ0v) is 26.9. The molecular weight excluding hydrogens is 535 g/mol. The molecule has 1 unspecified atom stereocenters. The van der Waals surface area contributed by atoms with E-state index < -0.39 is 11.6 Å². The van der Waals surface area contributed by atoms with Gasteiger partial charge in [0.05, 0.1) is 0 Å². The van der Waals surface area contributed by atoms with Crippen LogP contribution in [0.3, 0.4) is 0 Å². The maximum atomic E-state index is 15.1. The van der Waals surface area contributed by atoms with Crippen molar-refractivity contribution in [2.75, 3.05) is 0 Å². The Morgan fingerprint density at radius 3 is 1.79 bits per heavy atom. The van der Waals surface area contributed by atoms with Gasteiger partial charge >= 0.3 is 5.97 Å². The van der Waals surface area contributed by atoms with Crippen LogP contribution in [-0.2, 0) is 11.2 Å². The van der Waals surface area contributed by atoms with Crippen molar-refractivity contribution in [3.8, 4) is 28.3 Å². The van der Waals surface area contributed by atoms with E-state index in [2.05, 4.69) is 13.8 Å². The van der Waals surface area contributed by atoms with Crippen molar-refractivity contribution >= 4 is 5.97 Å². The van der Waals surface area contributed by atoms with Crippen LogP contribution in [0.1, 0.15) is 129 Å². The highest BCUT2D eigenvalue weighted by atomic mass is 19.1. The molecule has 0 amide bonds. The Morgan fingerprint density at radius 2 is 1.21 bits per heavy atom. The Hall–Kier alpha value is -3.08. The summed E-state index contributed by atoms with van der Waals surface area (Å²) in [7, 11) is 0. The second kappa shape index (κ2) is 19.2. The number of hydrogen-bond acceptors (Lipinski definition) is 4. The molecule has 1 heterocycles. The molecule has 3 rings (SSSR count). The highest BCUT2D eigenvalue weighted by molar-refractivity contribution is 5.82. The van der Waals surface area contributed by atoms with Crippen molar-refractivity contribution in [1.82, 2.24) is 9.97 Å². The topological polar surface area (TPSA) is 52.1 Å². The van der Waals surface area contributed by atoms with Crippen molar-refractivity contribution in [3.63, 3.8) is 0 Å². The average Bonchev–Trinajstić information content (AvgIpc) is 3.02. The summed E-state index contributed by atoms with van der Waals surface area (Å²) in [5.74, 6) is 0.202. The lowest BCUT2D eigenvalue weighted by Crippen LogP contribution is -2.34. The van der Waals surface area contributed by atoms with Gasteiger partial charge in [-0.3, -0.25) is 0 Å². The molecule has 2 aromatic carbocycles. The van der Waals surface area contributed by atoms with Gasteiger partial charge in [0.1, 0.15) is 5.75 Å². The number of aryl methyl sites for hydroxylation is 1. The quantitative estimate of drug-likeness (QED) is 0.0705. The minimum Gasteiger partial charge on any atom is -0.424 e. The van der Waals surface area contributed by atoms with Crippen LogP contribution in [0.15, 0.2) is 60.9 Å². The minimum absolute atomic E-state index is 0.184. The Balaban J connectivity index is 1.51. The summed E-state index contributed by atoms with van der Waals surface area (Å²) in [6.45, 7) is 5.78. The van der Waals surface area contributed by atoms with Gasteiger partial charge in [-0.2, -0.15) is 0 Å². The smallest absolute Gasteiger partial charge is 0.348 e. The highest BCUT2D eigenvalue weighted by Crippen LogP contribution is 2.32. The number of benzene rings is 2. The summed E-state index contributed by atoms with van der Waals surface area (Å²) in [5.41, 5.74) is 2.06. The lowest BCUT2D eigenvalue weighted by atomic mass is 9.98. The summed E-state index contributed by atoms with van der Waals surface area (Å²) in [6.07, 6.45) is 23.1. The van der Waals surface area contributed by atoms with Gasteiger partial charge in [0, 0.05) is 18.0 Å². The lowest BCUT2D eigenvalue weighted by molar-refractivity contribution is -0.147. The molecule has 0 saturated heterocycles. The van der Waals surface area contributed by atoms with Gasteiger partial charge < -0.3 is 4.74 Å². The second-order valence-corrected chi connectivity index (χ2v) is 12.2. The van der Waals surface area contributed by atoms with Gasteiger partial charge in [-0.1, -0.05) is 134 Å². The number of aromatic nitrogens is 2. The molecule has 0 saturated carbocycles. The Bertz CT molecular complexity index is 1190. The summed E-state index contributed by atoms with van der Waals surface area (Å²) in [4.78, 5) is 22.0. The number of rotatable bonds is 21. The van der Waals surface area contributed by atoms with Crippen molar-refractivity contribution in [1.29, 1.82) is 0 Å². The molecule has 0 aliphatic heterocycles. The SMILES string of the molecule is CCCCCCCCCCc1cnc(-c2ccccc2-c2ccc(OC(=O)C(C)(F)CCCCCCCCC)cc2)nc1. The van der Waals surface area contributed by atoms with Crippen LogP contribution in [0.5, 0.6) is 5.75 Å². The first-order chi connectivity index (χ1) is 20.9. The van der Waals surface area contributed by atoms with Gasteiger partial charge in [0.25, 0.3) is 0 Å². The number of alkyl halides is 1. The van der Waals surface area contributed by atoms with E-state index in [-0.39, 0.29) is 6.42 Å². The van der Waals surface area contributed by atoms with Crippen LogP contribution in [-0.4, -0.2) is 21.6 Å². The van der Waals surface area contributed by atoms with Crippen LogP contribution < -0.4 is 4.74 Å². The van der Waals surface area contributed by atoms with E-state index in [1.54, 1.807) is 12.1 Å². The van der Waals surface area contributed by atoms with E-state index in [1.807, 2.05) is 48.8 Å². The third kappa shape index (κ3) is 12.2. The van der Waals surface area contributed by atoms with Crippen molar-refractivity contribution < 1.29 is 13.9 Å². The standard InChI is InChI=1S/C38H53FN2O2/c1-4-6-8-10-12-13-15-17-21-31-29-40-36(41-30-31)35-23-19-18-22-34(35)32-24-26-33(27-25-32)43-37(42)38(3,39)28-20-16-14-11-9-7-5-2/h18-19,22-27,29-30H,4-17,20-21,28H2,1-3H3. The molecule has 3 aromatic rings. The number of ether oxygens (including phenoxy) is 1. The molecule has 43 heavy (non-hydrogen) atoms. The second-order valence-electron chi connectivity index (χ2n) is 12.2. The lowest BCUT2D eigenvalue weighted by Gasteiger charge is -2.18. The monoisotopic (exact) mass is 588 g/mol. The molecule has 1 aromatic heterocycles. The zero-order valence-electron chi connectivity index (χ0n) is 26.9. The number of carbonyl (C=O) groups excluding carboxylic acids is 1. The fourth-order valence-electron chi connectivity index (χ4n) is 5.45. The first-order valence-electron chi connectivity index (χ1n) is 16.9. The molecule has 234 valence electrons. The fraction of sp³-hybridized carbons (Fsp3) is 0.553. The fourth-order valence-corrected chi connectivity index (χ4v) is 5.45. The van der Waals surface area contributed by atoms with E-state index >= 15 is 4.39 Å². The van der Waals surface area contributed by atoms with E-state index in [4.69, 9.17) is 14.7 Å². The molecule has 0 aliphatic rings. The molecule has 4 nitrogen and oxygen atoms in total. The molecule has 0 spiro atoms. The molecule has 1 atom stereocenters. The van der Waals surface area contributed by atoms with E-state index in [9.17, 15) is 4.79 Å². The molecule has 0 radical (unpaired) electrons. The van der Waals surface area contributed by atoms with Crippen LogP contribution in [0, 0.1) is 0 Å². The number of halogens is 1. The van der Waals surface area contributed by atoms with E-state index in [1.165, 1.54) is 89.5 Å². The highest BCUT2D eigenvalue weighted by Gasteiger charge is 2.34. The van der Waals surface area contributed by atoms with Crippen molar-refractivity contribution in [2.45, 2.75) is 136 Å². The zero-order chi connectivity index (χ0) is 30.8. The van der Waals surface area contributed by atoms with Crippen LogP contribution >= 0.6 is 0 Å². The van der Waals surface area contributed by atoms with Gasteiger partial charge in [0.2, 0.25) is 5.67 Å². The molecule has 0 aliphatic carbocycles. The summed E-state index contributed by atoms with van der Waals surface area (Å²) in [5, 5.41) is 0. The number of unbranched alkanes of at least 4 members (excludes halogenated alkanes) is 13. The number of nitrogens with zero attached hydrogens (tertiary/aromatic N) is 2. The van der Waals surface area contributed by atoms with Crippen LogP contribution in [0.4, 0.5) is 4.39 Å².